The Hall–Kier alpha value is -6.36. The van der Waals surface area contributed by atoms with Crippen molar-refractivity contribution in [3.8, 4) is 33.8 Å². The van der Waals surface area contributed by atoms with Crippen molar-refractivity contribution in [2.24, 2.45) is 0 Å². The van der Waals surface area contributed by atoms with Gasteiger partial charge in [0, 0.05) is 23.6 Å². The number of carbonyl (C=O) groups is 2. The van der Waals surface area contributed by atoms with Crippen LogP contribution in [0.15, 0.2) is 128 Å². The molecule has 2 heterocycles. The first-order chi connectivity index (χ1) is 25.4. The van der Waals surface area contributed by atoms with Gasteiger partial charge in [-0.05, 0) is 95.9 Å². The number of nitrogens with one attached hydrogen (secondary N) is 2. The maximum atomic E-state index is 14.5. The van der Waals surface area contributed by atoms with Crippen molar-refractivity contribution in [2.45, 2.75) is 13.3 Å². The van der Waals surface area contributed by atoms with E-state index in [0.717, 1.165) is 40.8 Å². The van der Waals surface area contributed by atoms with Crippen LogP contribution in [0.3, 0.4) is 0 Å². The summed E-state index contributed by atoms with van der Waals surface area (Å²) in [5.41, 5.74) is 3.42. The predicted molar refractivity (Wildman–Crippen MR) is 188 cm³/mol. The molecule has 3 N–H and O–H groups in total. The maximum Gasteiger partial charge on any atom is 1.00 e. The summed E-state index contributed by atoms with van der Waals surface area (Å²) in [6, 6.07) is 29.0. The SMILES string of the molecule is CCOc1cccc(-c2ccc(Nc3ncccc3C(=O)O)cc2)c1.O=C([O-])c1ccncc1Nc1ccc(-c2cccc(OC(F)(F)F)c2)cc1F.[Li+]. The quantitative estimate of drug-likeness (QED) is 0.116. The van der Waals surface area contributed by atoms with Gasteiger partial charge in [0.05, 0.1) is 30.1 Å². The standard InChI is InChI=1S/C20H18N2O3.C19H12F4N2O3.Li/c1-2-25-17-6-3-5-15(13-17)14-8-10-16(11-9-14)22-19-18(20(23)24)7-4-12-21-19;20-15-9-12(11-2-1-3-13(8-11)28-19(21,22)23)4-5-16(15)25-17-10-24-7-6-14(17)18(26)27;/h3-13H,2H2,1H3,(H,21,22)(H,23,24);1-10,25H,(H,26,27);/q;;+1/p-1. The van der Waals surface area contributed by atoms with Crippen LogP contribution in [-0.2, 0) is 0 Å². The summed E-state index contributed by atoms with van der Waals surface area (Å²) in [4.78, 5) is 30.2. The van der Waals surface area contributed by atoms with E-state index >= 15 is 0 Å². The van der Waals surface area contributed by atoms with Gasteiger partial charge in [-0.25, -0.2) is 14.2 Å². The number of alkyl halides is 3. The van der Waals surface area contributed by atoms with Gasteiger partial charge in [0.15, 0.2) is 0 Å². The number of pyridine rings is 2. The van der Waals surface area contributed by atoms with Crippen LogP contribution in [-0.4, -0.2) is 40.0 Å². The fraction of sp³-hybridized carbons (Fsp3) is 0.0769. The molecule has 0 spiro atoms. The molecule has 54 heavy (non-hydrogen) atoms. The average Bonchev–Trinajstić information content (AvgIpc) is 3.13. The zero-order chi connectivity index (χ0) is 38.0. The normalized spacial score (nSPS) is 10.5. The summed E-state index contributed by atoms with van der Waals surface area (Å²) in [6.45, 7) is 2.58. The van der Waals surface area contributed by atoms with Crippen LogP contribution in [0.4, 0.5) is 40.4 Å². The Kier molecular flexibility index (Phi) is 13.8. The monoisotopic (exact) mass is 732 g/mol. The molecule has 0 aliphatic rings. The molecule has 4 aromatic carbocycles. The van der Waals surface area contributed by atoms with Crippen molar-refractivity contribution in [3.05, 3.63) is 145 Å². The molecule has 10 nitrogen and oxygen atoms in total. The first-order valence-electron chi connectivity index (χ1n) is 15.8. The number of nitrogens with zero attached hydrogens (tertiary/aromatic N) is 2. The largest absolute Gasteiger partial charge is 1.00 e. The third kappa shape index (κ3) is 11.1. The fourth-order valence-corrected chi connectivity index (χ4v) is 4.98. The van der Waals surface area contributed by atoms with Gasteiger partial charge in [0.1, 0.15) is 28.7 Å². The van der Waals surface area contributed by atoms with Crippen LogP contribution >= 0.6 is 0 Å². The number of anilines is 4. The van der Waals surface area contributed by atoms with Crippen LogP contribution in [0.5, 0.6) is 11.5 Å². The molecule has 0 aliphatic carbocycles. The van der Waals surface area contributed by atoms with Crippen molar-refractivity contribution in [2.75, 3.05) is 17.2 Å². The molecule has 0 radical (unpaired) electrons. The Bertz CT molecular complexity index is 2220. The summed E-state index contributed by atoms with van der Waals surface area (Å²) in [7, 11) is 0. The first kappa shape index (κ1) is 40.4. The Morgan fingerprint density at radius 3 is 2.06 bits per heavy atom. The first-order valence-corrected chi connectivity index (χ1v) is 15.8. The molecule has 2 aromatic heterocycles. The van der Waals surface area contributed by atoms with Crippen LogP contribution in [0, 0.1) is 5.82 Å². The van der Waals surface area contributed by atoms with Gasteiger partial charge in [0.25, 0.3) is 0 Å². The van der Waals surface area contributed by atoms with Crippen molar-refractivity contribution in [3.63, 3.8) is 0 Å². The summed E-state index contributed by atoms with van der Waals surface area (Å²) >= 11 is 0. The smallest absolute Gasteiger partial charge is 0.545 e. The Balaban J connectivity index is 0.000000238. The van der Waals surface area contributed by atoms with Crippen LogP contribution in [0.1, 0.15) is 27.6 Å². The van der Waals surface area contributed by atoms with Gasteiger partial charge in [-0.3, -0.25) is 4.98 Å². The van der Waals surface area contributed by atoms with E-state index in [1.165, 1.54) is 48.8 Å². The second-order valence-corrected chi connectivity index (χ2v) is 11.0. The molecular weight excluding hydrogens is 703 g/mol. The Morgan fingerprint density at radius 1 is 0.759 bits per heavy atom. The number of halogens is 4. The number of hydrogen-bond donors (Lipinski definition) is 3. The van der Waals surface area contributed by atoms with Crippen molar-refractivity contribution in [1.82, 2.24) is 9.97 Å². The molecule has 0 atom stereocenters. The van der Waals surface area contributed by atoms with Gasteiger partial charge < -0.3 is 35.1 Å². The topological polar surface area (TPSA) is 146 Å². The molecule has 0 bridgehead atoms. The number of carboxylic acids is 2. The number of aromatic nitrogens is 2. The van der Waals surface area contributed by atoms with E-state index < -0.39 is 29.9 Å². The van der Waals surface area contributed by atoms with Gasteiger partial charge in [-0.2, -0.15) is 0 Å². The molecule has 0 fully saturated rings. The molecule has 0 aliphatic heterocycles. The van der Waals surface area contributed by atoms with E-state index in [2.05, 4.69) is 25.3 Å². The number of aromatic carboxylic acids is 2. The second kappa shape index (κ2) is 18.4. The zero-order valence-electron chi connectivity index (χ0n) is 28.7. The molecule has 15 heteroatoms. The van der Waals surface area contributed by atoms with E-state index in [1.807, 2.05) is 55.5 Å². The summed E-state index contributed by atoms with van der Waals surface area (Å²) in [6.07, 6.45) is -0.817. The van der Waals surface area contributed by atoms with Crippen LogP contribution in [0.2, 0.25) is 0 Å². The van der Waals surface area contributed by atoms with E-state index in [1.54, 1.807) is 12.3 Å². The molecule has 0 amide bonds. The third-order valence-corrected chi connectivity index (χ3v) is 7.34. The Morgan fingerprint density at radius 2 is 1.41 bits per heavy atom. The van der Waals surface area contributed by atoms with Gasteiger partial charge in [0.2, 0.25) is 0 Å². The van der Waals surface area contributed by atoms with Crippen molar-refractivity contribution < 1.29 is 65.7 Å². The van der Waals surface area contributed by atoms with E-state index in [-0.39, 0.29) is 41.4 Å². The van der Waals surface area contributed by atoms with Gasteiger partial charge in [-0.15, -0.1) is 13.2 Å². The van der Waals surface area contributed by atoms with E-state index in [0.29, 0.717) is 23.6 Å². The number of carbonyl (C=O) groups excluding carboxylic acids is 1. The summed E-state index contributed by atoms with van der Waals surface area (Å²) < 4.78 is 60.9. The summed E-state index contributed by atoms with van der Waals surface area (Å²) in [5, 5.41) is 26.0. The third-order valence-electron chi connectivity index (χ3n) is 7.34. The number of benzene rings is 4. The minimum Gasteiger partial charge on any atom is -0.545 e. The van der Waals surface area contributed by atoms with Crippen LogP contribution in [0.25, 0.3) is 22.3 Å². The predicted octanol–water partition coefficient (Wildman–Crippen LogP) is 5.49. The van der Waals surface area contributed by atoms with E-state index in [4.69, 9.17) is 4.74 Å². The summed E-state index contributed by atoms with van der Waals surface area (Å²) in [5.74, 6) is -2.49. The van der Waals surface area contributed by atoms with Crippen molar-refractivity contribution in [1.29, 1.82) is 0 Å². The number of hydrogen-bond acceptors (Lipinski definition) is 9. The number of carboxylic acid groups (broad SMARTS) is 2. The molecular formula is C39H29F4LiN4O6. The van der Waals surface area contributed by atoms with Gasteiger partial charge >= 0.3 is 31.2 Å². The van der Waals surface area contributed by atoms with Crippen molar-refractivity contribution >= 4 is 34.8 Å². The molecule has 6 rings (SSSR count). The molecule has 0 saturated carbocycles. The van der Waals surface area contributed by atoms with Crippen LogP contribution < -0.4 is 44.1 Å². The molecule has 0 unspecified atom stereocenters. The molecule has 6 aromatic rings. The number of ether oxygens (including phenoxy) is 2. The minimum absolute atomic E-state index is 0. The zero-order valence-corrected chi connectivity index (χ0v) is 28.7. The number of rotatable bonds is 11. The molecule has 270 valence electrons. The maximum absolute atomic E-state index is 14.5. The van der Waals surface area contributed by atoms with E-state index in [9.17, 15) is 37.4 Å². The minimum atomic E-state index is -4.84. The van der Waals surface area contributed by atoms with Gasteiger partial charge in [-0.1, -0.05) is 42.5 Å². The fourth-order valence-electron chi connectivity index (χ4n) is 4.98. The second-order valence-electron chi connectivity index (χ2n) is 11.0. The Labute approximate surface area is 318 Å². The average molecular weight is 733 g/mol. The molecule has 0 saturated heterocycles.